The van der Waals surface area contributed by atoms with E-state index in [9.17, 15) is 9.83 Å². The molecule has 2 N–H and O–H groups in total. The molecule has 0 saturated heterocycles. The van der Waals surface area contributed by atoms with Gasteiger partial charge >= 0.3 is 7.60 Å². The van der Waals surface area contributed by atoms with Crippen molar-refractivity contribution in [1.82, 2.24) is 0 Å². The van der Waals surface area contributed by atoms with Crippen LogP contribution in [0.4, 0.5) is 0 Å². The number of hydrogen-bond donors (Lipinski definition) is 1. The number of rotatable bonds is 7. The van der Waals surface area contributed by atoms with E-state index in [0.717, 1.165) is 5.56 Å². The second-order valence-corrected chi connectivity index (χ2v) is 6.34. The average Bonchev–Trinajstić information content (AvgIpc) is 2.40. The minimum Gasteiger partial charge on any atom is -0.307 e. The maximum atomic E-state index is 12.7. The van der Waals surface area contributed by atoms with Crippen molar-refractivity contribution in [2.24, 2.45) is 5.73 Å². The highest BCUT2D eigenvalue weighted by Gasteiger charge is 2.48. The average molecular weight is 282 g/mol. The van der Waals surface area contributed by atoms with Crippen LogP contribution >= 0.6 is 7.60 Å². The van der Waals surface area contributed by atoms with Gasteiger partial charge in [0.15, 0.2) is 0 Å². The molecule has 0 bridgehead atoms. The first kappa shape index (κ1) is 15.9. The van der Waals surface area contributed by atoms with Crippen molar-refractivity contribution in [2.45, 2.75) is 25.5 Å². The molecule has 0 aromatic heterocycles. The summed E-state index contributed by atoms with van der Waals surface area (Å²) in [6.45, 7) is 3.72. The molecule has 0 amide bonds. The van der Waals surface area contributed by atoms with Crippen molar-refractivity contribution in [2.75, 3.05) is 13.2 Å². The van der Waals surface area contributed by atoms with Gasteiger partial charge in [0, 0.05) is 6.42 Å². The lowest BCUT2D eigenvalue weighted by atomic mass is 10.1. The standard InChI is InChI=1S/C13H19N2O3P/c1-3-17-19(16,18-4-2)13(15,11-14)10-12-8-6-5-7-9-12/h5-9H,3-4,10,15H2,1-2H3. The first-order valence-electron chi connectivity index (χ1n) is 6.14. The van der Waals surface area contributed by atoms with Gasteiger partial charge in [-0.2, -0.15) is 5.26 Å². The molecule has 0 aliphatic rings. The molecule has 0 radical (unpaired) electrons. The number of benzene rings is 1. The third-order valence-electron chi connectivity index (χ3n) is 2.60. The Bertz CT molecular complexity index is 476. The quantitative estimate of drug-likeness (QED) is 0.777. The van der Waals surface area contributed by atoms with Crippen LogP contribution in [-0.4, -0.2) is 18.5 Å². The third-order valence-corrected chi connectivity index (χ3v) is 5.03. The van der Waals surface area contributed by atoms with Crippen LogP contribution in [0.3, 0.4) is 0 Å². The molecule has 5 nitrogen and oxygen atoms in total. The molecule has 1 aromatic carbocycles. The number of nitriles is 1. The second-order valence-electron chi connectivity index (χ2n) is 4.03. The predicted molar refractivity (Wildman–Crippen MR) is 73.5 cm³/mol. The molecule has 0 aliphatic heterocycles. The fourth-order valence-corrected chi connectivity index (χ4v) is 3.43. The summed E-state index contributed by atoms with van der Waals surface area (Å²) in [6.07, 6.45) is 0.113. The van der Waals surface area contributed by atoms with Crippen molar-refractivity contribution in [3.8, 4) is 6.07 Å². The van der Waals surface area contributed by atoms with E-state index in [0.29, 0.717) is 0 Å². The summed E-state index contributed by atoms with van der Waals surface area (Å²) in [5, 5.41) is 7.65. The van der Waals surface area contributed by atoms with Crippen LogP contribution in [0.2, 0.25) is 0 Å². The molecule has 1 rings (SSSR count). The zero-order valence-corrected chi connectivity index (χ0v) is 12.1. The molecule has 1 atom stereocenters. The summed E-state index contributed by atoms with van der Waals surface area (Å²) in [6, 6.07) is 11.1. The van der Waals surface area contributed by atoms with Crippen LogP contribution in [0.15, 0.2) is 30.3 Å². The van der Waals surface area contributed by atoms with Crippen molar-refractivity contribution in [3.63, 3.8) is 0 Å². The molecular weight excluding hydrogens is 263 g/mol. The van der Waals surface area contributed by atoms with E-state index in [1.807, 2.05) is 36.4 Å². The number of hydrogen-bond acceptors (Lipinski definition) is 5. The van der Waals surface area contributed by atoms with E-state index in [1.54, 1.807) is 13.8 Å². The summed E-state index contributed by atoms with van der Waals surface area (Å²) in [4.78, 5) is 0. The Morgan fingerprint density at radius 2 is 1.79 bits per heavy atom. The first-order chi connectivity index (χ1) is 9.01. The van der Waals surface area contributed by atoms with E-state index in [-0.39, 0.29) is 19.6 Å². The zero-order valence-electron chi connectivity index (χ0n) is 11.2. The van der Waals surface area contributed by atoms with Crippen LogP contribution in [-0.2, 0) is 20.0 Å². The highest BCUT2D eigenvalue weighted by atomic mass is 31.2. The van der Waals surface area contributed by atoms with Crippen LogP contribution in [0, 0.1) is 11.3 Å². The zero-order chi connectivity index (χ0) is 14.4. The van der Waals surface area contributed by atoms with Crippen LogP contribution in [0.25, 0.3) is 0 Å². The van der Waals surface area contributed by atoms with Gasteiger partial charge in [0.2, 0.25) is 5.28 Å². The van der Waals surface area contributed by atoms with Gasteiger partial charge in [-0.3, -0.25) is 4.57 Å². The smallest absolute Gasteiger partial charge is 0.307 e. The van der Waals surface area contributed by atoms with Gasteiger partial charge in [-0.25, -0.2) is 0 Å². The van der Waals surface area contributed by atoms with Crippen LogP contribution in [0.1, 0.15) is 19.4 Å². The second kappa shape index (κ2) is 6.83. The normalized spacial score (nSPS) is 14.6. The van der Waals surface area contributed by atoms with Crippen LogP contribution in [0.5, 0.6) is 0 Å². The molecule has 0 saturated carbocycles. The maximum Gasteiger partial charge on any atom is 0.365 e. The topological polar surface area (TPSA) is 85.3 Å². The molecule has 19 heavy (non-hydrogen) atoms. The van der Waals surface area contributed by atoms with Crippen molar-refractivity contribution < 1.29 is 13.6 Å². The van der Waals surface area contributed by atoms with Crippen molar-refractivity contribution in [1.29, 1.82) is 5.26 Å². The lowest BCUT2D eigenvalue weighted by molar-refractivity contribution is 0.204. The van der Waals surface area contributed by atoms with E-state index in [1.165, 1.54) is 0 Å². The van der Waals surface area contributed by atoms with Gasteiger partial charge in [0.05, 0.1) is 19.3 Å². The molecule has 1 unspecified atom stereocenters. The molecule has 0 aliphatic carbocycles. The van der Waals surface area contributed by atoms with Crippen LogP contribution < -0.4 is 5.73 Å². The SMILES string of the molecule is CCOP(=O)(OCC)C(N)(C#N)Cc1ccccc1. The fourth-order valence-electron chi connectivity index (χ4n) is 1.71. The van der Waals surface area contributed by atoms with Gasteiger partial charge in [0.1, 0.15) is 0 Å². The predicted octanol–water partition coefficient (Wildman–Crippen LogP) is 2.67. The summed E-state index contributed by atoms with van der Waals surface area (Å²) < 4.78 is 23.0. The number of nitrogens with two attached hydrogens (primary N) is 1. The van der Waals surface area contributed by atoms with Crippen molar-refractivity contribution in [3.05, 3.63) is 35.9 Å². The van der Waals surface area contributed by atoms with Gasteiger partial charge in [-0.15, -0.1) is 0 Å². The lowest BCUT2D eigenvalue weighted by Gasteiger charge is -2.29. The van der Waals surface area contributed by atoms with Crippen molar-refractivity contribution >= 4 is 7.60 Å². The lowest BCUT2D eigenvalue weighted by Crippen LogP contribution is -2.41. The Hall–Kier alpha value is -1.18. The van der Waals surface area contributed by atoms with E-state index >= 15 is 0 Å². The maximum absolute atomic E-state index is 12.7. The molecule has 1 aromatic rings. The Labute approximate surface area is 113 Å². The van der Waals surface area contributed by atoms with Gasteiger partial charge in [-0.1, -0.05) is 30.3 Å². The molecule has 0 heterocycles. The Morgan fingerprint density at radius 1 is 1.26 bits per heavy atom. The molecule has 6 heteroatoms. The monoisotopic (exact) mass is 282 g/mol. The highest BCUT2D eigenvalue weighted by Crippen LogP contribution is 2.58. The Morgan fingerprint density at radius 3 is 2.21 bits per heavy atom. The molecular formula is C13H19N2O3P. The third kappa shape index (κ3) is 3.65. The molecule has 104 valence electrons. The summed E-state index contributed by atoms with van der Waals surface area (Å²) in [5.74, 6) is 0. The molecule has 0 fully saturated rings. The minimum atomic E-state index is -3.69. The highest BCUT2D eigenvalue weighted by molar-refractivity contribution is 7.55. The minimum absolute atomic E-state index is 0.113. The number of nitrogens with zero attached hydrogens (tertiary/aromatic N) is 1. The summed E-state index contributed by atoms with van der Waals surface area (Å²) in [5.41, 5.74) is 6.82. The largest absolute Gasteiger partial charge is 0.365 e. The van der Waals surface area contributed by atoms with Gasteiger partial charge < -0.3 is 14.8 Å². The van der Waals surface area contributed by atoms with E-state index in [2.05, 4.69) is 0 Å². The van der Waals surface area contributed by atoms with E-state index < -0.39 is 12.9 Å². The van der Waals surface area contributed by atoms with Gasteiger partial charge in [0.25, 0.3) is 0 Å². The summed E-state index contributed by atoms with van der Waals surface area (Å²) >= 11 is 0. The first-order valence-corrected chi connectivity index (χ1v) is 7.69. The molecule has 0 spiro atoms. The Balaban J connectivity index is 3.07. The summed E-state index contributed by atoms with van der Waals surface area (Å²) in [7, 11) is -3.69. The Kier molecular flexibility index (Phi) is 5.71. The van der Waals surface area contributed by atoms with E-state index in [4.69, 9.17) is 14.8 Å². The van der Waals surface area contributed by atoms with Gasteiger partial charge in [-0.05, 0) is 19.4 Å². The fraction of sp³-hybridized carbons (Fsp3) is 0.462.